The summed E-state index contributed by atoms with van der Waals surface area (Å²) in [6.07, 6.45) is -1.33. The third kappa shape index (κ3) is 3.34. The van der Waals surface area contributed by atoms with Crippen molar-refractivity contribution < 1.29 is 32.0 Å². The van der Waals surface area contributed by atoms with Crippen LogP contribution in [0.15, 0.2) is 48.9 Å². The first kappa shape index (κ1) is 20.9. The van der Waals surface area contributed by atoms with Crippen LogP contribution in [0.4, 0.5) is 22.0 Å². The van der Waals surface area contributed by atoms with Crippen LogP contribution < -0.4 is 5.48 Å². The zero-order valence-electron chi connectivity index (χ0n) is 15.9. The van der Waals surface area contributed by atoms with E-state index in [1.165, 1.54) is 43.0 Å². The van der Waals surface area contributed by atoms with Crippen molar-refractivity contribution >= 4 is 5.91 Å². The molecule has 0 bridgehead atoms. The lowest BCUT2D eigenvalue weighted by Gasteiger charge is -2.08. The molecule has 0 radical (unpaired) electrons. The predicted octanol–water partition coefficient (Wildman–Crippen LogP) is 3.83. The van der Waals surface area contributed by atoms with Crippen LogP contribution >= 0.6 is 0 Å². The Morgan fingerprint density at radius 1 is 1.19 bits per heavy atom. The molecule has 1 amide bonds. The first-order chi connectivity index (χ1) is 14.6. The van der Waals surface area contributed by atoms with Crippen LogP contribution in [0.2, 0.25) is 0 Å². The lowest BCUT2D eigenvalue weighted by Crippen LogP contribution is -2.33. The predicted molar refractivity (Wildman–Crippen MR) is 96.7 cm³/mol. The maximum atomic E-state index is 15.6. The molecule has 2 aromatic heterocycles. The van der Waals surface area contributed by atoms with E-state index in [1.807, 2.05) is 0 Å². The summed E-state index contributed by atoms with van der Waals surface area (Å²) >= 11 is 0. The Morgan fingerprint density at radius 3 is 2.55 bits per heavy atom. The van der Waals surface area contributed by atoms with Crippen LogP contribution in [0.5, 0.6) is 0 Å². The number of hydrogen-bond donors (Lipinski definition) is 2. The number of halogens is 5. The standard InChI is InChI=1S/C20H15F5N4O2/c1-10-13(3-2-4-14(10)21)17-16(19(17,22)18(30)28-31)11-7-27-29(9-11)15-6-5-12(8-26-15)20(23,24)25/h2-9,16-17,31H,1H3,(H,28,30). The zero-order valence-corrected chi connectivity index (χ0v) is 15.9. The molecule has 31 heavy (non-hydrogen) atoms. The molecule has 3 aromatic rings. The second-order valence-corrected chi connectivity index (χ2v) is 7.24. The Balaban J connectivity index is 1.69. The molecule has 1 aromatic carbocycles. The average Bonchev–Trinajstić information content (AvgIpc) is 3.10. The first-order valence-corrected chi connectivity index (χ1v) is 9.05. The summed E-state index contributed by atoms with van der Waals surface area (Å²) in [4.78, 5) is 15.8. The van der Waals surface area contributed by atoms with Gasteiger partial charge in [0.25, 0.3) is 5.91 Å². The molecule has 6 nitrogen and oxygen atoms in total. The van der Waals surface area contributed by atoms with E-state index in [9.17, 15) is 22.4 Å². The van der Waals surface area contributed by atoms with Gasteiger partial charge in [-0.05, 0) is 41.8 Å². The summed E-state index contributed by atoms with van der Waals surface area (Å²) in [5.41, 5.74) is -1.53. The number of hydrogen-bond acceptors (Lipinski definition) is 4. The van der Waals surface area contributed by atoms with Crippen molar-refractivity contribution in [1.29, 1.82) is 0 Å². The van der Waals surface area contributed by atoms with Crippen LogP contribution in [-0.2, 0) is 11.0 Å². The SMILES string of the molecule is Cc1c(F)cccc1C1C(c2cnn(-c3ccc(C(F)(F)F)cn3)c2)C1(F)C(=O)NO. The summed E-state index contributed by atoms with van der Waals surface area (Å²) in [6.45, 7) is 1.45. The van der Waals surface area contributed by atoms with Gasteiger partial charge in [0.05, 0.1) is 11.8 Å². The zero-order chi connectivity index (χ0) is 22.6. The third-order valence-electron chi connectivity index (χ3n) is 5.50. The molecule has 2 N–H and O–H groups in total. The van der Waals surface area contributed by atoms with Gasteiger partial charge in [-0.2, -0.15) is 18.3 Å². The second-order valence-electron chi connectivity index (χ2n) is 7.24. The molecule has 162 valence electrons. The summed E-state index contributed by atoms with van der Waals surface area (Å²) < 4.78 is 68.9. The number of aromatic nitrogens is 3. The number of hydroxylamine groups is 1. The number of benzene rings is 1. The molecule has 0 spiro atoms. The Morgan fingerprint density at radius 2 is 1.94 bits per heavy atom. The highest BCUT2D eigenvalue weighted by Crippen LogP contribution is 2.66. The van der Waals surface area contributed by atoms with E-state index in [4.69, 9.17) is 5.21 Å². The first-order valence-electron chi connectivity index (χ1n) is 9.05. The van der Waals surface area contributed by atoms with E-state index in [0.29, 0.717) is 6.20 Å². The van der Waals surface area contributed by atoms with Crippen molar-refractivity contribution in [2.75, 3.05) is 0 Å². The quantitative estimate of drug-likeness (QED) is 0.369. The van der Waals surface area contributed by atoms with Crippen LogP contribution in [0.3, 0.4) is 0 Å². The van der Waals surface area contributed by atoms with Gasteiger partial charge in [0, 0.05) is 24.2 Å². The summed E-state index contributed by atoms with van der Waals surface area (Å²) in [6, 6.07) is 6.02. The number of alkyl halides is 4. The number of rotatable bonds is 4. The highest BCUT2D eigenvalue weighted by atomic mass is 19.4. The number of pyridine rings is 1. The van der Waals surface area contributed by atoms with Crippen LogP contribution in [0.1, 0.15) is 34.1 Å². The van der Waals surface area contributed by atoms with E-state index in [1.54, 1.807) is 0 Å². The van der Waals surface area contributed by atoms with Crippen LogP contribution in [-0.4, -0.2) is 31.5 Å². The molecule has 0 saturated heterocycles. The number of nitrogens with zero attached hydrogens (tertiary/aromatic N) is 3. The van der Waals surface area contributed by atoms with Crippen molar-refractivity contribution in [1.82, 2.24) is 20.2 Å². The minimum Gasteiger partial charge on any atom is -0.289 e. The number of carbonyl (C=O) groups excluding carboxylic acids is 1. The Bertz CT molecular complexity index is 1150. The van der Waals surface area contributed by atoms with E-state index in [0.717, 1.165) is 16.8 Å². The molecule has 3 unspecified atom stereocenters. The number of amides is 1. The lowest BCUT2D eigenvalue weighted by molar-refractivity contribution is -0.138. The maximum Gasteiger partial charge on any atom is 0.417 e. The third-order valence-corrected chi connectivity index (χ3v) is 5.50. The number of nitrogens with one attached hydrogen (secondary N) is 1. The minimum absolute atomic E-state index is 0.0504. The highest BCUT2D eigenvalue weighted by molar-refractivity contribution is 5.92. The van der Waals surface area contributed by atoms with Gasteiger partial charge >= 0.3 is 6.18 Å². The minimum atomic E-state index is -4.55. The molecule has 11 heteroatoms. The summed E-state index contributed by atoms with van der Waals surface area (Å²) in [5.74, 6) is -3.99. The average molecular weight is 438 g/mol. The topological polar surface area (TPSA) is 80.0 Å². The van der Waals surface area contributed by atoms with Gasteiger partial charge in [-0.1, -0.05) is 12.1 Å². The van der Waals surface area contributed by atoms with E-state index >= 15 is 4.39 Å². The van der Waals surface area contributed by atoms with E-state index < -0.39 is 41.0 Å². The maximum absolute atomic E-state index is 15.6. The van der Waals surface area contributed by atoms with Gasteiger partial charge in [0.1, 0.15) is 5.82 Å². The Hall–Kier alpha value is -3.34. The van der Waals surface area contributed by atoms with Gasteiger partial charge in [-0.15, -0.1) is 0 Å². The molecule has 4 rings (SSSR count). The van der Waals surface area contributed by atoms with Gasteiger partial charge < -0.3 is 0 Å². The van der Waals surface area contributed by atoms with Crippen molar-refractivity contribution in [2.24, 2.45) is 0 Å². The molecule has 0 aliphatic heterocycles. The van der Waals surface area contributed by atoms with Crippen LogP contribution in [0.25, 0.3) is 5.82 Å². The van der Waals surface area contributed by atoms with E-state index in [-0.39, 0.29) is 22.5 Å². The number of carbonyl (C=O) groups is 1. The molecule has 1 aliphatic rings. The van der Waals surface area contributed by atoms with Crippen molar-refractivity contribution in [3.05, 3.63) is 77.0 Å². The monoisotopic (exact) mass is 438 g/mol. The fraction of sp³-hybridized carbons (Fsp3) is 0.250. The van der Waals surface area contributed by atoms with Crippen molar-refractivity contribution in [2.45, 2.75) is 30.6 Å². The summed E-state index contributed by atoms with van der Waals surface area (Å²) in [7, 11) is 0. The Kier molecular flexibility index (Phi) is 4.80. The normalized spacial score (nSPS) is 22.9. The van der Waals surface area contributed by atoms with Gasteiger partial charge in [-0.3, -0.25) is 10.0 Å². The fourth-order valence-corrected chi connectivity index (χ4v) is 3.84. The van der Waals surface area contributed by atoms with Gasteiger partial charge in [0.2, 0.25) is 5.67 Å². The van der Waals surface area contributed by atoms with E-state index in [2.05, 4.69) is 10.1 Å². The molecule has 1 fully saturated rings. The molecule has 3 atom stereocenters. The second kappa shape index (κ2) is 7.12. The molecule has 1 saturated carbocycles. The molecular weight excluding hydrogens is 423 g/mol. The largest absolute Gasteiger partial charge is 0.417 e. The molecule has 1 aliphatic carbocycles. The van der Waals surface area contributed by atoms with Gasteiger partial charge in [0.15, 0.2) is 5.82 Å². The fourth-order valence-electron chi connectivity index (χ4n) is 3.84. The van der Waals surface area contributed by atoms with Crippen molar-refractivity contribution in [3.63, 3.8) is 0 Å². The molecule has 2 heterocycles. The molecular formula is C20H15F5N4O2. The lowest BCUT2D eigenvalue weighted by atomic mass is 10.0. The van der Waals surface area contributed by atoms with Crippen molar-refractivity contribution in [3.8, 4) is 5.82 Å². The smallest absolute Gasteiger partial charge is 0.289 e. The van der Waals surface area contributed by atoms with Crippen LogP contribution in [0, 0.1) is 12.7 Å². The highest BCUT2D eigenvalue weighted by Gasteiger charge is 2.73. The summed E-state index contributed by atoms with van der Waals surface area (Å²) in [5, 5.41) is 13.0. The Labute approximate surface area is 172 Å². The van der Waals surface area contributed by atoms with Gasteiger partial charge in [-0.25, -0.2) is 23.9 Å².